The van der Waals surface area contributed by atoms with Crippen molar-refractivity contribution >= 4 is 0 Å². The number of aliphatic hydroxyl groups is 1. The number of fused-ring (bicyclic) bond motifs is 1. The van der Waals surface area contributed by atoms with Crippen LogP contribution in [0.15, 0.2) is 12.1 Å². The van der Waals surface area contributed by atoms with Crippen molar-refractivity contribution in [1.82, 2.24) is 4.90 Å². The minimum absolute atomic E-state index is 0.0819. The van der Waals surface area contributed by atoms with Crippen molar-refractivity contribution in [3.8, 4) is 11.5 Å². The van der Waals surface area contributed by atoms with Crippen LogP contribution in [0.5, 0.6) is 11.5 Å². The van der Waals surface area contributed by atoms with E-state index in [1.807, 2.05) is 6.07 Å². The molecule has 1 aromatic rings. The summed E-state index contributed by atoms with van der Waals surface area (Å²) in [6.45, 7) is 3.22. The quantitative estimate of drug-likeness (QED) is 0.794. The van der Waals surface area contributed by atoms with Gasteiger partial charge < -0.3 is 24.4 Å². The first-order valence-corrected chi connectivity index (χ1v) is 11.3. The van der Waals surface area contributed by atoms with Crippen molar-refractivity contribution in [2.24, 2.45) is 5.92 Å². The van der Waals surface area contributed by atoms with Gasteiger partial charge in [-0.25, -0.2) is 0 Å². The first-order chi connectivity index (χ1) is 14.1. The summed E-state index contributed by atoms with van der Waals surface area (Å²) in [7, 11) is 0. The monoisotopic (exact) mass is 399 g/mol. The van der Waals surface area contributed by atoms with Crippen LogP contribution in [0.2, 0.25) is 0 Å². The van der Waals surface area contributed by atoms with Crippen molar-refractivity contribution in [3.63, 3.8) is 0 Å². The van der Waals surface area contributed by atoms with Crippen molar-refractivity contribution < 1.29 is 24.4 Å². The lowest BCUT2D eigenvalue weighted by Gasteiger charge is -2.60. The zero-order valence-electron chi connectivity index (χ0n) is 16.7. The van der Waals surface area contributed by atoms with Crippen LogP contribution in [-0.4, -0.2) is 65.0 Å². The second-order valence-electron chi connectivity index (χ2n) is 10.1. The molecule has 4 fully saturated rings. The molecule has 3 aliphatic heterocycles. The second-order valence-corrected chi connectivity index (χ2v) is 10.1. The third-order valence-electron chi connectivity index (χ3n) is 8.77. The smallest absolute Gasteiger partial charge is 0.207 e. The molecule has 3 aliphatic carbocycles. The van der Waals surface area contributed by atoms with Crippen LogP contribution < -0.4 is 4.74 Å². The van der Waals surface area contributed by atoms with Gasteiger partial charge >= 0.3 is 0 Å². The highest BCUT2D eigenvalue weighted by Gasteiger charge is 2.76. The van der Waals surface area contributed by atoms with Gasteiger partial charge in [-0.15, -0.1) is 0 Å². The summed E-state index contributed by atoms with van der Waals surface area (Å²) in [4.78, 5) is 2.58. The van der Waals surface area contributed by atoms with E-state index in [0.29, 0.717) is 31.8 Å². The minimum atomic E-state index is -0.893. The Morgan fingerprint density at radius 3 is 2.72 bits per heavy atom. The molecule has 3 heterocycles. The molecule has 0 amide bonds. The van der Waals surface area contributed by atoms with Crippen LogP contribution >= 0.6 is 0 Å². The van der Waals surface area contributed by atoms with Gasteiger partial charge in [0.2, 0.25) is 5.79 Å². The Kier molecular flexibility index (Phi) is 3.27. The average molecular weight is 399 g/mol. The van der Waals surface area contributed by atoms with Crippen LogP contribution in [0.25, 0.3) is 0 Å². The Labute approximate surface area is 170 Å². The minimum Gasteiger partial charge on any atom is -0.504 e. The standard InChI is InChI=1S/C23H29NO5/c25-16-5-4-15-12-17-22(26)7-8-23(27-10-11-28-23)20-21(22,18(15)19(16)29-20)6-1-9-24(17)13-14-2-3-14/h4-5,14,17,20,25-26H,1-3,6-13H2/t17-,20?,21+,22?/m1/s1. The summed E-state index contributed by atoms with van der Waals surface area (Å²) in [5, 5.41) is 23.2. The Hall–Kier alpha value is -1.34. The molecule has 4 atom stereocenters. The van der Waals surface area contributed by atoms with Gasteiger partial charge in [0.25, 0.3) is 0 Å². The van der Waals surface area contributed by atoms with Crippen LogP contribution in [-0.2, 0) is 21.3 Å². The maximum Gasteiger partial charge on any atom is 0.207 e. The number of phenols is 1. The Balaban J connectivity index is 1.46. The highest BCUT2D eigenvalue weighted by atomic mass is 16.8. The van der Waals surface area contributed by atoms with Gasteiger partial charge in [0.1, 0.15) is 0 Å². The lowest BCUT2D eigenvalue weighted by molar-refractivity contribution is -0.285. The van der Waals surface area contributed by atoms with Crippen LogP contribution in [0.1, 0.15) is 49.7 Å². The zero-order chi connectivity index (χ0) is 19.4. The fraction of sp³-hybridized carbons (Fsp3) is 0.739. The van der Waals surface area contributed by atoms with Crippen LogP contribution in [0.3, 0.4) is 0 Å². The Morgan fingerprint density at radius 2 is 1.93 bits per heavy atom. The average Bonchev–Trinajstić information content (AvgIpc) is 3.27. The van der Waals surface area contributed by atoms with Crippen molar-refractivity contribution in [2.75, 3.05) is 26.3 Å². The van der Waals surface area contributed by atoms with E-state index < -0.39 is 22.9 Å². The molecule has 29 heavy (non-hydrogen) atoms. The lowest BCUT2D eigenvalue weighted by atomic mass is 9.50. The number of rotatable bonds is 2. The molecule has 6 heteroatoms. The fourth-order valence-electron chi connectivity index (χ4n) is 7.45. The van der Waals surface area contributed by atoms with E-state index in [2.05, 4.69) is 4.90 Å². The lowest BCUT2D eigenvalue weighted by Crippen LogP contribution is -2.75. The Morgan fingerprint density at radius 1 is 1.10 bits per heavy atom. The molecule has 7 rings (SSSR count). The van der Waals surface area contributed by atoms with Crippen molar-refractivity contribution in [3.05, 3.63) is 23.3 Å². The molecule has 2 bridgehead atoms. The fourth-order valence-corrected chi connectivity index (χ4v) is 7.45. The normalized spacial score (nSPS) is 41.8. The van der Waals surface area contributed by atoms with Gasteiger partial charge in [0.15, 0.2) is 17.6 Å². The molecular formula is C23H29NO5. The van der Waals surface area contributed by atoms with Gasteiger partial charge in [-0.05, 0) is 62.6 Å². The van der Waals surface area contributed by atoms with E-state index >= 15 is 0 Å². The molecule has 2 saturated heterocycles. The molecule has 2 N–H and O–H groups in total. The van der Waals surface area contributed by atoms with E-state index in [1.54, 1.807) is 6.07 Å². The highest BCUT2D eigenvalue weighted by Crippen LogP contribution is 2.67. The second kappa shape index (κ2) is 5.47. The first kappa shape index (κ1) is 17.4. The molecule has 2 saturated carbocycles. The molecule has 6 aliphatic rings. The summed E-state index contributed by atoms with van der Waals surface area (Å²) in [6.07, 6.45) is 6.16. The maximum absolute atomic E-state index is 12.5. The highest BCUT2D eigenvalue weighted by molar-refractivity contribution is 5.62. The number of likely N-dealkylation sites (tertiary alicyclic amines) is 1. The van der Waals surface area contributed by atoms with E-state index in [4.69, 9.17) is 14.2 Å². The predicted molar refractivity (Wildman–Crippen MR) is 104 cm³/mol. The summed E-state index contributed by atoms with van der Waals surface area (Å²) >= 11 is 0. The van der Waals surface area contributed by atoms with Gasteiger partial charge in [-0.1, -0.05) is 6.07 Å². The topological polar surface area (TPSA) is 71.4 Å². The van der Waals surface area contributed by atoms with Gasteiger partial charge in [0, 0.05) is 24.6 Å². The molecule has 6 nitrogen and oxygen atoms in total. The summed E-state index contributed by atoms with van der Waals surface area (Å²) in [5.74, 6) is 0.695. The molecule has 1 aromatic carbocycles. The SMILES string of the molecule is Oc1ccc2c3c1OC1C4(CCC5(O)[C@@H](C2)N(CC2CC2)CCC[C@]315)OCCO4. The number of hydrogen-bond acceptors (Lipinski definition) is 6. The Bertz CT molecular complexity index is 878. The number of ether oxygens (including phenoxy) is 3. The molecular weight excluding hydrogens is 370 g/mol. The van der Waals surface area contributed by atoms with Crippen molar-refractivity contribution in [2.45, 2.75) is 73.9 Å². The van der Waals surface area contributed by atoms with E-state index in [9.17, 15) is 10.2 Å². The van der Waals surface area contributed by atoms with Crippen LogP contribution in [0.4, 0.5) is 0 Å². The largest absolute Gasteiger partial charge is 0.504 e. The number of hydrogen-bond donors (Lipinski definition) is 2. The third kappa shape index (κ3) is 1.97. The van der Waals surface area contributed by atoms with Gasteiger partial charge in [0.05, 0.1) is 24.2 Å². The number of phenolic OH excluding ortho intramolecular Hbond substituents is 1. The van der Waals surface area contributed by atoms with E-state index in [0.717, 1.165) is 43.8 Å². The van der Waals surface area contributed by atoms with Gasteiger partial charge in [-0.3, -0.25) is 4.90 Å². The zero-order valence-corrected chi connectivity index (χ0v) is 16.7. The number of aromatic hydroxyl groups is 1. The third-order valence-corrected chi connectivity index (χ3v) is 8.77. The molecule has 0 aromatic heterocycles. The summed E-state index contributed by atoms with van der Waals surface area (Å²) < 4.78 is 18.9. The first-order valence-electron chi connectivity index (χ1n) is 11.3. The van der Waals surface area contributed by atoms with Gasteiger partial charge in [-0.2, -0.15) is 0 Å². The van der Waals surface area contributed by atoms with Crippen LogP contribution in [0, 0.1) is 5.92 Å². The molecule has 0 radical (unpaired) electrons. The molecule has 2 spiro atoms. The summed E-state index contributed by atoms with van der Waals surface area (Å²) in [5.41, 5.74) is 0.774. The predicted octanol–water partition coefficient (Wildman–Crippen LogP) is 2.09. The number of benzene rings is 1. The van der Waals surface area contributed by atoms with E-state index in [-0.39, 0.29) is 11.8 Å². The number of nitrogens with zero attached hydrogens (tertiary/aromatic N) is 1. The van der Waals surface area contributed by atoms with E-state index in [1.165, 1.54) is 18.4 Å². The molecule has 2 unspecified atom stereocenters. The maximum atomic E-state index is 12.5. The summed E-state index contributed by atoms with van der Waals surface area (Å²) in [6, 6.07) is 3.89. The van der Waals surface area contributed by atoms with Crippen molar-refractivity contribution in [1.29, 1.82) is 0 Å². The molecule has 156 valence electrons.